The Kier molecular flexibility index (Phi) is 4.23. The van der Waals surface area contributed by atoms with Gasteiger partial charge in [-0.25, -0.2) is 0 Å². The number of carbonyl (C=O) groups excluding carboxylic acids is 2. The van der Waals surface area contributed by atoms with E-state index in [1.54, 1.807) is 0 Å². The predicted octanol–water partition coefficient (Wildman–Crippen LogP) is 2.62. The molecule has 4 nitrogen and oxygen atoms in total. The van der Waals surface area contributed by atoms with E-state index >= 15 is 0 Å². The number of carbonyl (C=O) groups is 2. The van der Waals surface area contributed by atoms with Crippen molar-refractivity contribution in [3.8, 4) is 0 Å². The minimum absolute atomic E-state index is 0.0389. The average molecular weight is 292 g/mol. The van der Waals surface area contributed by atoms with E-state index in [9.17, 15) is 9.59 Å². The van der Waals surface area contributed by atoms with Gasteiger partial charge in [-0.05, 0) is 38.5 Å². The molecule has 118 valence electrons. The van der Waals surface area contributed by atoms with Crippen molar-refractivity contribution in [1.29, 1.82) is 0 Å². The maximum atomic E-state index is 13.0. The molecule has 0 aromatic rings. The SMILES string of the molecule is CC1(N2CC(=O)NC(C3CCCCC3)C2=O)CCCCC1. The van der Waals surface area contributed by atoms with Crippen LogP contribution in [0.5, 0.6) is 0 Å². The summed E-state index contributed by atoms with van der Waals surface area (Å²) in [7, 11) is 0. The van der Waals surface area contributed by atoms with Gasteiger partial charge in [0.2, 0.25) is 11.8 Å². The molecule has 2 amide bonds. The Morgan fingerprint density at radius 1 is 1.00 bits per heavy atom. The van der Waals surface area contributed by atoms with Crippen LogP contribution in [0.2, 0.25) is 0 Å². The summed E-state index contributed by atoms with van der Waals surface area (Å²) >= 11 is 0. The normalized spacial score (nSPS) is 31.1. The van der Waals surface area contributed by atoms with Crippen molar-refractivity contribution in [2.24, 2.45) is 5.92 Å². The lowest BCUT2D eigenvalue weighted by atomic mass is 9.78. The van der Waals surface area contributed by atoms with Gasteiger partial charge in [0.15, 0.2) is 0 Å². The zero-order chi connectivity index (χ0) is 14.9. The summed E-state index contributed by atoms with van der Waals surface area (Å²) in [4.78, 5) is 27.1. The molecule has 1 N–H and O–H groups in total. The van der Waals surface area contributed by atoms with Crippen molar-refractivity contribution < 1.29 is 9.59 Å². The Balaban J connectivity index is 1.77. The molecule has 1 aliphatic heterocycles. The van der Waals surface area contributed by atoms with Crippen LogP contribution in [0.4, 0.5) is 0 Å². The highest BCUT2D eigenvalue weighted by Gasteiger charge is 2.45. The molecule has 2 saturated carbocycles. The van der Waals surface area contributed by atoms with Gasteiger partial charge < -0.3 is 10.2 Å². The molecule has 3 rings (SSSR count). The van der Waals surface area contributed by atoms with E-state index in [0.717, 1.165) is 25.7 Å². The van der Waals surface area contributed by atoms with Crippen LogP contribution < -0.4 is 5.32 Å². The molecule has 2 aliphatic carbocycles. The summed E-state index contributed by atoms with van der Waals surface area (Å²) in [5, 5.41) is 2.99. The lowest BCUT2D eigenvalue weighted by Crippen LogP contribution is -2.66. The van der Waals surface area contributed by atoms with Crippen molar-refractivity contribution >= 4 is 11.8 Å². The third-order valence-electron chi connectivity index (χ3n) is 5.85. The summed E-state index contributed by atoms with van der Waals surface area (Å²) < 4.78 is 0. The quantitative estimate of drug-likeness (QED) is 0.850. The van der Waals surface area contributed by atoms with Gasteiger partial charge in [-0.15, -0.1) is 0 Å². The van der Waals surface area contributed by atoms with Crippen LogP contribution in [0.15, 0.2) is 0 Å². The van der Waals surface area contributed by atoms with Gasteiger partial charge >= 0.3 is 0 Å². The maximum Gasteiger partial charge on any atom is 0.246 e. The van der Waals surface area contributed by atoms with Gasteiger partial charge in [-0.1, -0.05) is 38.5 Å². The number of amides is 2. The smallest absolute Gasteiger partial charge is 0.246 e. The predicted molar refractivity (Wildman–Crippen MR) is 81.7 cm³/mol. The fourth-order valence-electron chi connectivity index (χ4n) is 4.50. The molecule has 0 spiro atoms. The number of nitrogens with one attached hydrogen (secondary N) is 1. The van der Waals surface area contributed by atoms with Crippen LogP contribution in [-0.4, -0.2) is 34.8 Å². The molecule has 3 aliphatic rings. The summed E-state index contributed by atoms with van der Waals surface area (Å²) in [5.74, 6) is 0.577. The van der Waals surface area contributed by atoms with Crippen LogP contribution in [0.1, 0.15) is 71.1 Å². The zero-order valence-electron chi connectivity index (χ0n) is 13.2. The molecule has 1 heterocycles. The third kappa shape index (κ3) is 2.95. The second-order valence-electron chi connectivity index (χ2n) is 7.43. The molecule has 0 aromatic heterocycles. The van der Waals surface area contributed by atoms with E-state index in [2.05, 4.69) is 12.2 Å². The second kappa shape index (κ2) is 5.98. The van der Waals surface area contributed by atoms with Gasteiger partial charge in [-0.3, -0.25) is 9.59 Å². The van der Waals surface area contributed by atoms with E-state index in [-0.39, 0.29) is 29.9 Å². The first-order valence-corrected chi connectivity index (χ1v) is 8.71. The second-order valence-corrected chi connectivity index (χ2v) is 7.43. The van der Waals surface area contributed by atoms with E-state index in [4.69, 9.17) is 0 Å². The van der Waals surface area contributed by atoms with E-state index in [1.165, 1.54) is 38.5 Å². The standard InChI is InChI=1S/C17H28N2O2/c1-17(10-6-3-7-11-17)19-12-14(20)18-15(16(19)21)13-8-4-2-5-9-13/h13,15H,2-12H2,1H3,(H,18,20). The van der Waals surface area contributed by atoms with E-state index in [0.29, 0.717) is 5.92 Å². The maximum absolute atomic E-state index is 13.0. The fraction of sp³-hybridized carbons (Fsp3) is 0.882. The summed E-state index contributed by atoms with van der Waals surface area (Å²) in [6.07, 6.45) is 11.5. The number of nitrogens with zero attached hydrogens (tertiary/aromatic N) is 1. The Morgan fingerprint density at radius 3 is 2.29 bits per heavy atom. The van der Waals surface area contributed by atoms with Gasteiger partial charge in [0, 0.05) is 5.54 Å². The number of rotatable bonds is 2. The number of hydrogen-bond donors (Lipinski definition) is 1. The molecule has 0 bridgehead atoms. The van der Waals surface area contributed by atoms with Crippen molar-refractivity contribution in [1.82, 2.24) is 10.2 Å². The number of piperazine rings is 1. The first kappa shape index (κ1) is 14.9. The molecular weight excluding hydrogens is 264 g/mol. The lowest BCUT2D eigenvalue weighted by Gasteiger charge is -2.48. The summed E-state index contributed by atoms with van der Waals surface area (Å²) in [6, 6.07) is -0.259. The molecule has 1 saturated heterocycles. The molecule has 4 heteroatoms. The summed E-state index contributed by atoms with van der Waals surface area (Å²) in [5.41, 5.74) is -0.0972. The van der Waals surface area contributed by atoms with Crippen LogP contribution in [0.3, 0.4) is 0 Å². The third-order valence-corrected chi connectivity index (χ3v) is 5.85. The number of hydrogen-bond acceptors (Lipinski definition) is 2. The van der Waals surface area contributed by atoms with Gasteiger partial charge in [0.05, 0.1) is 0 Å². The van der Waals surface area contributed by atoms with Gasteiger partial charge in [0.1, 0.15) is 12.6 Å². The van der Waals surface area contributed by atoms with Crippen LogP contribution in [0.25, 0.3) is 0 Å². The Labute approximate surface area is 127 Å². The zero-order valence-corrected chi connectivity index (χ0v) is 13.2. The molecule has 21 heavy (non-hydrogen) atoms. The van der Waals surface area contributed by atoms with Crippen molar-refractivity contribution in [2.75, 3.05) is 6.54 Å². The molecule has 1 unspecified atom stereocenters. The average Bonchev–Trinajstić information content (AvgIpc) is 2.51. The first-order valence-electron chi connectivity index (χ1n) is 8.71. The molecule has 0 aromatic carbocycles. The molecular formula is C17H28N2O2. The first-order chi connectivity index (χ1) is 10.1. The Bertz CT molecular complexity index is 409. The van der Waals surface area contributed by atoms with Crippen LogP contribution >= 0.6 is 0 Å². The van der Waals surface area contributed by atoms with Crippen molar-refractivity contribution in [2.45, 2.75) is 82.7 Å². The molecule has 1 atom stereocenters. The highest BCUT2D eigenvalue weighted by atomic mass is 16.2. The topological polar surface area (TPSA) is 49.4 Å². The minimum atomic E-state index is -0.259. The van der Waals surface area contributed by atoms with Crippen LogP contribution in [0, 0.1) is 5.92 Å². The summed E-state index contributed by atoms with van der Waals surface area (Å²) in [6.45, 7) is 2.44. The Morgan fingerprint density at radius 2 is 1.62 bits per heavy atom. The van der Waals surface area contributed by atoms with Crippen molar-refractivity contribution in [3.63, 3.8) is 0 Å². The Hall–Kier alpha value is -1.06. The van der Waals surface area contributed by atoms with Crippen molar-refractivity contribution in [3.05, 3.63) is 0 Å². The molecule has 3 fully saturated rings. The lowest BCUT2D eigenvalue weighted by molar-refractivity contribution is -0.153. The van der Waals surface area contributed by atoms with Gasteiger partial charge in [0.25, 0.3) is 0 Å². The molecule has 0 radical (unpaired) electrons. The largest absolute Gasteiger partial charge is 0.342 e. The van der Waals surface area contributed by atoms with E-state index < -0.39 is 0 Å². The van der Waals surface area contributed by atoms with E-state index in [1.807, 2.05) is 4.90 Å². The fourth-order valence-corrected chi connectivity index (χ4v) is 4.50. The van der Waals surface area contributed by atoms with Gasteiger partial charge in [-0.2, -0.15) is 0 Å². The highest BCUT2D eigenvalue weighted by molar-refractivity contribution is 5.95. The monoisotopic (exact) mass is 292 g/mol. The highest BCUT2D eigenvalue weighted by Crippen LogP contribution is 2.36. The minimum Gasteiger partial charge on any atom is -0.342 e. The van der Waals surface area contributed by atoms with Crippen LogP contribution in [-0.2, 0) is 9.59 Å².